The van der Waals surface area contributed by atoms with Crippen molar-refractivity contribution in [3.05, 3.63) is 39.7 Å². The molecule has 1 aromatic carbocycles. The number of aromatic nitrogens is 1. The van der Waals surface area contributed by atoms with Gasteiger partial charge in [-0.2, -0.15) is 0 Å². The van der Waals surface area contributed by atoms with E-state index in [1.165, 1.54) is 46.0 Å². The van der Waals surface area contributed by atoms with Gasteiger partial charge in [-0.25, -0.2) is 4.79 Å². The molecule has 0 spiro atoms. The number of carboxylic acid groups (broad SMARTS) is 1. The molecular formula is C55H87N3O17S. The number of likely N-dealkylation sites (N-methyl/N-ethyl adjacent to an activating group) is 1. The molecule has 430 valence electrons. The number of ketones is 1. The van der Waals surface area contributed by atoms with Crippen molar-refractivity contribution in [1.82, 2.24) is 15.2 Å². The highest BCUT2D eigenvalue weighted by Gasteiger charge is 2.55. The molecule has 0 aliphatic carbocycles. The minimum absolute atomic E-state index is 0.0229. The summed E-state index contributed by atoms with van der Waals surface area (Å²) in [4.78, 5) is 72.5. The number of aromatic carboxylic acids is 1. The summed E-state index contributed by atoms with van der Waals surface area (Å²) in [6.07, 6.45) is -7.73. The number of hydrogen-bond donors (Lipinski definition) is 6. The van der Waals surface area contributed by atoms with Gasteiger partial charge in [-0.05, 0) is 99.0 Å². The number of carbonyl (C=O) groups is 4. The molecule has 0 saturated carbocycles. The molecule has 0 amide bonds. The van der Waals surface area contributed by atoms with Gasteiger partial charge in [-0.15, -0.1) is 11.8 Å². The number of nitrogens with zero attached hydrogens (tertiary/aromatic N) is 1. The van der Waals surface area contributed by atoms with E-state index >= 15 is 0 Å². The topological polar surface area (TPSA) is 271 Å². The average Bonchev–Trinajstić information content (AvgIpc) is 3.37. The number of aryl methyl sites for hydroxylation is 1. The van der Waals surface area contributed by atoms with Crippen LogP contribution in [0.5, 0.6) is 0 Å². The van der Waals surface area contributed by atoms with E-state index in [4.69, 9.17) is 37.9 Å². The molecule has 0 bridgehead atoms. The second-order valence-corrected chi connectivity index (χ2v) is 23.3. The van der Waals surface area contributed by atoms with Gasteiger partial charge in [0.15, 0.2) is 18.7 Å². The Kier molecular flexibility index (Phi) is 22.1. The number of nitrogens with one attached hydrogen (secondary N) is 2. The molecule has 3 saturated heterocycles. The summed E-state index contributed by atoms with van der Waals surface area (Å²) in [7, 11) is 6.72. The third-order valence-corrected chi connectivity index (χ3v) is 17.2. The SMILES string of the molecule is CCc1cc(SCCNCCC(=O)OC2[C@H](C)OC(O[C@H]3C(C)[C@@H](O[C@@H]4O[C@H](C)C[C@H](N(C)C)C4O)[C@](C)(OC)CC(C)C(=O)[C@H](C)C(O)C(C)(O)C(CC)OC(=O)[C@@H]3C)CC2(C)OC)cc2c(=O)c(C(=O)O)c[nH]c12. The van der Waals surface area contributed by atoms with Crippen LogP contribution in [-0.2, 0) is 58.7 Å². The zero-order valence-corrected chi connectivity index (χ0v) is 48.0. The van der Waals surface area contributed by atoms with Crippen molar-refractivity contribution in [2.45, 2.75) is 204 Å². The minimum atomic E-state index is -2.03. The number of thioether (sulfide) groups is 1. The Morgan fingerprint density at radius 3 is 2.17 bits per heavy atom. The monoisotopic (exact) mass is 1090 g/mol. The van der Waals surface area contributed by atoms with Gasteiger partial charge in [0.1, 0.15) is 34.8 Å². The van der Waals surface area contributed by atoms with Crippen molar-refractivity contribution < 1.29 is 77.5 Å². The number of methoxy groups -OCH3 is 2. The molecule has 2 aromatic rings. The Hall–Kier alpha value is -3.58. The molecule has 18 atom stereocenters. The molecular weight excluding hydrogens is 1010 g/mol. The predicted molar refractivity (Wildman–Crippen MR) is 284 cm³/mol. The Morgan fingerprint density at radius 1 is 0.908 bits per heavy atom. The second-order valence-electron chi connectivity index (χ2n) is 22.1. The maximum atomic E-state index is 14.6. The molecule has 0 radical (unpaired) electrons. The van der Waals surface area contributed by atoms with Gasteiger partial charge >= 0.3 is 17.9 Å². The van der Waals surface area contributed by atoms with Crippen LogP contribution in [0.1, 0.15) is 124 Å². The molecule has 9 unspecified atom stereocenters. The lowest BCUT2D eigenvalue weighted by Crippen LogP contribution is -2.61. The van der Waals surface area contributed by atoms with Crippen molar-refractivity contribution in [3.63, 3.8) is 0 Å². The van der Waals surface area contributed by atoms with Crippen molar-refractivity contribution in [3.8, 4) is 0 Å². The lowest BCUT2D eigenvalue weighted by Gasteiger charge is -2.50. The number of esters is 2. The lowest BCUT2D eigenvalue weighted by molar-refractivity contribution is -0.320. The number of fused-ring (bicyclic) bond motifs is 1. The molecule has 76 heavy (non-hydrogen) atoms. The molecule has 3 aliphatic heterocycles. The number of aliphatic hydroxyl groups is 3. The molecule has 3 fully saturated rings. The van der Waals surface area contributed by atoms with E-state index in [0.717, 1.165) is 10.5 Å². The molecule has 21 heteroatoms. The van der Waals surface area contributed by atoms with Gasteiger partial charge < -0.3 is 73.5 Å². The predicted octanol–water partition coefficient (Wildman–Crippen LogP) is 4.86. The van der Waals surface area contributed by atoms with Crippen LogP contribution < -0.4 is 10.7 Å². The third-order valence-electron chi connectivity index (χ3n) is 16.2. The fourth-order valence-corrected chi connectivity index (χ4v) is 12.4. The van der Waals surface area contributed by atoms with Crippen LogP contribution in [0.2, 0.25) is 0 Å². The fraction of sp³-hybridized carbons (Fsp3) is 0.764. The van der Waals surface area contributed by atoms with Gasteiger partial charge in [-0.1, -0.05) is 34.6 Å². The van der Waals surface area contributed by atoms with Gasteiger partial charge in [0.25, 0.3) is 0 Å². The van der Waals surface area contributed by atoms with Crippen LogP contribution >= 0.6 is 11.8 Å². The highest BCUT2D eigenvalue weighted by atomic mass is 32.2. The van der Waals surface area contributed by atoms with E-state index in [1.54, 1.807) is 47.6 Å². The van der Waals surface area contributed by atoms with E-state index in [2.05, 4.69) is 10.3 Å². The second kappa shape index (κ2) is 26.6. The number of rotatable bonds is 18. The lowest BCUT2D eigenvalue weighted by atomic mass is 9.74. The number of H-pyrrole nitrogens is 1. The van der Waals surface area contributed by atoms with Crippen LogP contribution in [-0.4, -0.2) is 185 Å². The largest absolute Gasteiger partial charge is 0.477 e. The fourth-order valence-electron chi connectivity index (χ4n) is 11.4. The summed E-state index contributed by atoms with van der Waals surface area (Å²) in [5.41, 5.74) is -3.89. The van der Waals surface area contributed by atoms with Crippen LogP contribution in [0.3, 0.4) is 0 Å². The van der Waals surface area contributed by atoms with Crippen LogP contribution in [0.4, 0.5) is 0 Å². The van der Waals surface area contributed by atoms with Crippen LogP contribution in [0.15, 0.2) is 28.0 Å². The molecule has 3 aliphatic rings. The summed E-state index contributed by atoms with van der Waals surface area (Å²) in [5.74, 6) is -6.05. The van der Waals surface area contributed by atoms with Crippen molar-refractivity contribution in [2.24, 2.45) is 23.7 Å². The molecule has 4 heterocycles. The standard InChI is InChI=1S/C55H87N3O17S/c1-16-34-23-35(24-36-42(34)57-27-37(44(36)61)50(64)65)76-21-20-56-19-18-40(59)73-49-33(8)71-41(26-54(49,10)69-15)74-46-31(6)48(75-52-45(62)38(58(12)13)22-29(4)70-52)53(9,68-14)25-28(3)43(60)30(5)47(63)55(11,67)39(17-2)72-51(66)32(46)7/h23-24,27-33,38-39,41,45-49,52,56,62-63,67H,16-22,25-26H2,1-15H3,(H,57,61)(H,64,65)/t28?,29-,30+,31?,32-,33+,38+,39?,41?,45?,46+,47?,48-,49?,52+,53-,54?,55?/m1/s1. The summed E-state index contributed by atoms with van der Waals surface area (Å²) < 4.78 is 51.3. The molecule has 5 rings (SSSR count). The number of benzene rings is 1. The summed E-state index contributed by atoms with van der Waals surface area (Å²) >= 11 is 1.50. The van der Waals surface area contributed by atoms with Crippen LogP contribution in [0.25, 0.3) is 10.9 Å². The smallest absolute Gasteiger partial charge is 0.341 e. The Labute approximate surface area is 451 Å². The van der Waals surface area contributed by atoms with Gasteiger partial charge in [0.2, 0.25) is 5.43 Å². The highest BCUT2D eigenvalue weighted by Crippen LogP contribution is 2.42. The molecule has 20 nitrogen and oxygen atoms in total. The van der Waals surface area contributed by atoms with Gasteiger partial charge in [0.05, 0.1) is 54.0 Å². The first-order chi connectivity index (χ1) is 35.6. The number of carbonyl (C=O) groups excluding carboxylic acids is 3. The van der Waals surface area contributed by atoms with E-state index in [0.29, 0.717) is 42.6 Å². The van der Waals surface area contributed by atoms with Crippen molar-refractivity contribution >= 4 is 46.4 Å². The number of carboxylic acids is 1. The Balaban J connectivity index is 1.36. The molecule has 6 N–H and O–H groups in total. The first-order valence-corrected chi connectivity index (χ1v) is 27.7. The number of cyclic esters (lactones) is 1. The number of aromatic amines is 1. The zero-order chi connectivity index (χ0) is 56.8. The highest BCUT2D eigenvalue weighted by molar-refractivity contribution is 7.99. The Bertz CT molecular complexity index is 2370. The summed E-state index contributed by atoms with van der Waals surface area (Å²) in [5, 5.41) is 48.3. The van der Waals surface area contributed by atoms with Gasteiger partial charge in [-0.3, -0.25) is 19.2 Å². The van der Waals surface area contributed by atoms with E-state index in [-0.39, 0.29) is 49.2 Å². The number of Topliss-reactive ketones (excluding diaryl/α,β-unsaturated/α-hetero) is 1. The first kappa shape index (κ1) is 63.3. The number of ether oxygens (including phenoxy) is 8. The number of pyridine rings is 1. The van der Waals surface area contributed by atoms with E-state index in [9.17, 15) is 44.4 Å². The minimum Gasteiger partial charge on any atom is -0.477 e. The third kappa shape index (κ3) is 14.2. The Morgan fingerprint density at radius 2 is 1.57 bits per heavy atom. The normalized spacial score (nSPS) is 37.2. The molecule has 1 aromatic heterocycles. The number of hydrogen-bond acceptors (Lipinski definition) is 19. The van der Waals surface area contributed by atoms with E-state index in [1.807, 2.05) is 45.8 Å². The van der Waals surface area contributed by atoms with Crippen LogP contribution in [0, 0.1) is 23.7 Å². The maximum Gasteiger partial charge on any atom is 0.341 e. The first-order valence-electron chi connectivity index (χ1n) is 26.7. The summed E-state index contributed by atoms with van der Waals surface area (Å²) in [6, 6.07) is 3.34. The van der Waals surface area contributed by atoms with Crippen molar-refractivity contribution in [1.29, 1.82) is 0 Å². The maximum absolute atomic E-state index is 14.6. The van der Waals surface area contributed by atoms with Crippen molar-refractivity contribution in [2.75, 3.05) is 47.2 Å². The quantitative estimate of drug-likeness (QED) is 0.0661. The number of aliphatic hydroxyl groups excluding tert-OH is 2. The summed E-state index contributed by atoms with van der Waals surface area (Å²) in [6.45, 7) is 19.7. The average molecular weight is 1090 g/mol. The van der Waals surface area contributed by atoms with Gasteiger partial charge in [0, 0.05) is 79.8 Å². The van der Waals surface area contributed by atoms with E-state index < -0.39 is 119 Å². The zero-order valence-electron chi connectivity index (χ0n) is 47.2.